The molecule has 24 heavy (non-hydrogen) atoms. The molecule has 0 aromatic heterocycles. The monoisotopic (exact) mass is 346 g/mol. The zero-order valence-corrected chi connectivity index (χ0v) is 13.2. The SMILES string of the molecule is FC(F)(F)c1ccccc1N(CC1CO1)CC1CO1.NCC1CO1. The predicted octanol–water partition coefficient (Wildman–Crippen LogP) is 1.65. The Kier molecular flexibility index (Phi) is 5.29. The van der Waals surface area contributed by atoms with Gasteiger partial charge in [-0.1, -0.05) is 12.1 Å². The summed E-state index contributed by atoms with van der Waals surface area (Å²) in [7, 11) is 0. The molecule has 1 aromatic carbocycles. The van der Waals surface area contributed by atoms with Gasteiger partial charge in [-0.05, 0) is 12.1 Å². The second-order valence-electron chi connectivity index (χ2n) is 6.02. The van der Waals surface area contributed by atoms with Crippen LogP contribution in [0.4, 0.5) is 18.9 Å². The number of nitrogens with zero attached hydrogens (tertiary/aromatic N) is 1. The molecule has 8 heteroatoms. The van der Waals surface area contributed by atoms with Gasteiger partial charge >= 0.3 is 6.18 Å². The molecule has 0 amide bonds. The van der Waals surface area contributed by atoms with E-state index in [2.05, 4.69) is 0 Å². The zero-order valence-electron chi connectivity index (χ0n) is 13.2. The second kappa shape index (κ2) is 7.26. The van der Waals surface area contributed by atoms with Crippen molar-refractivity contribution in [3.63, 3.8) is 0 Å². The first-order valence-electron chi connectivity index (χ1n) is 7.93. The molecule has 3 unspecified atom stereocenters. The van der Waals surface area contributed by atoms with Crippen LogP contribution in [0.2, 0.25) is 0 Å². The van der Waals surface area contributed by atoms with E-state index in [4.69, 9.17) is 19.9 Å². The molecule has 5 nitrogen and oxygen atoms in total. The molecule has 3 saturated heterocycles. The quantitative estimate of drug-likeness (QED) is 0.794. The highest BCUT2D eigenvalue weighted by Crippen LogP contribution is 2.37. The van der Waals surface area contributed by atoms with Crippen molar-refractivity contribution in [3.05, 3.63) is 29.8 Å². The van der Waals surface area contributed by atoms with Crippen LogP contribution in [-0.4, -0.2) is 57.8 Å². The summed E-state index contributed by atoms with van der Waals surface area (Å²) in [6.45, 7) is 3.78. The molecule has 2 N–H and O–H groups in total. The number of benzene rings is 1. The molecule has 134 valence electrons. The lowest BCUT2D eigenvalue weighted by molar-refractivity contribution is -0.137. The van der Waals surface area contributed by atoms with Crippen LogP contribution < -0.4 is 10.6 Å². The number of nitrogens with two attached hydrogens (primary N) is 1. The minimum atomic E-state index is -4.34. The van der Waals surface area contributed by atoms with Crippen molar-refractivity contribution < 1.29 is 27.4 Å². The molecule has 0 aliphatic carbocycles. The number of halogens is 3. The summed E-state index contributed by atoms with van der Waals surface area (Å²) in [4.78, 5) is 1.72. The Balaban J connectivity index is 0.000000290. The highest BCUT2D eigenvalue weighted by atomic mass is 19.4. The van der Waals surface area contributed by atoms with E-state index in [1.807, 2.05) is 0 Å². The van der Waals surface area contributed by atoms with Gasteiger partial charge in [0.25, 0.3) is 0 Å². The molecule has 0 saturated carbocycles. The predicted molar refractivity (Wildman–Crippen MR) is 81.9 cm³/mol. The topological polar surface area (TPSA) is 66.8 Å². The molecule has 3 aliphatic rings. The minimum absolute atomic E-state index is 0.0417. The Morgan fingerprint density at radius 1 is 0.958 bits per heavy atom. The number of anilines is 1. The summed E-state index contributed by atoms with van der Waals surface area (Å²) < 4.78 is 54.1. The van der Waals surface area contributed by atoms with Gasteiger partial charge in [0, 0.05) is 25.3 Å². The Labute approximate surface area is 138 Å². The lowest BCUT2D eigenvalue weighted by Crippen LogP contribution is -2.33. The maximum Gasteiger partial charge on any atom is 0.418 e. The molecule has 3 heterocycles. The van der Waals surface area contributed by atoms with Crippen molar-refractivity contribution in [2.24, 2.45) is 5.73 Å². The van der Waals surface area contributed by atoms with Crippen LogP contribution in [0.3, 0.4) is 0 Å². The molecule has 3 aliphatic heterocycles. The lowest BCUT2D eigenvalue weighted by atomic mass is 10.1. The third-order valence-corrected chi connectivity index (χ3v) is 3.87. The van der Waals surface area contributed by atoms with Gasteiger partial charge in [0.05, 0.1) is 43.7 Å². The fourth-order valence-corrected chi connectivity index (χ4v) is 2.30. The van der Waals surface area contributed by atoms with E-state index in [1.165, 1.54) is 12.1 Å². The summed E-state index contributed by atoms with van der Waals surface area (Å²) in [5.74, 6) is 0. The van der Waals surface area contributed by atoms with Crippen LogP contribution in [0.25, 0.3) is 0 Å². The molecular weight excluding hydrogens is 325 g/mol. The number of epoxide rings is 3. The van der Waals surface area contributed by atoms with E-state index < -0.39 is 11.7 Å². The number of para-hydroxylation sites is 1. The number of hydrogen-bond acceptors (Lipinski definition) is 5. The summed E-state index contributed by atoms with van der Waals surface area (Å²) in [6.07, 6.45) is -3.85. The van der Waals surface area contributed by atoms with Gasteiger partial charge in [0.2, 0.25) is 0 Å². The summed E-state index contributed by atoms with van der Waals surface area (Å²) >= 11 is 0. The van der Waals surface area contributed by atoms with E-state index in [9.17, 15) is 13.2 Å². The Morgan fingerprint density at radius 2 is 1.46 bits per heavy atom. The lowest BCUT2D eigenvalue weighted by Gasteiger charge is -2.26. The summed E-state index contributed by atoms with van der Waals surface area (Å²) in [5, 5.41) is 0. The third-order valence-electron chi connectivity index (χ3n) is 3.87. The Hall–Kier alpha value is -1.35. The van der Waals surface area contributed by atoms with Gasteiger partial charge in [0.15, 0.2) is 0 Å². The Morgan fingerprint density at radius 3 is 1.83 bits per heavy atom. The van der Waals surface area contributed by atoms with Gasteiger partial charge in [-0.25, -0.2) is 0 Å². The fourth-order valence-electron chi connectivity index (χ4n) is 2.30. The molecule has 0 spiro atoms. The van der Waals surface area contributed by atoms with E-state index in [0.717, 1.165) is 12.7 Å². The molecule has 3 fully saturated rings. The maximum absolute atomic E-state index is 13.0. The van der Waals surface area contributed by atoms with Crippen LogP contribution in [0.15, 0.2) is 24.3 Å². The van der Waals surface area contributed by atoms with Crippen LogP contribution in [-0.2, 0) is 20.4 Å². The number of rotatable bonds is 6. The average molecular weight is 346 g/mol. The first kappa shape index (κ1) is 17.5. The first-order valence-corrected chi connectivity index (χ1v) is 7.93. The number of hydrogen-bond donors (Lipinski definition) is 1. The summed E-state index contributed by atoms with van der Waals surface area (Å²) in [5.41, 5.74) is 4.72. The van der Waals surface area contributed by atoms with E-state index in [1.54, 1.807) is 11.0 Å². The van der Waals surface area contributed by atoms with Gasteiger partial charge in [-0.2, -0.15) is 13.2 Å². The van der Waals surface area contributed by atoms with E-state index in [-0.39, 0.29) is 17.9 Å². The molecule has 4 rings (SSSR count). The highest BCUT2D eigenvalue weighted by molar-refractivity contribution is 5.55. The molecule has 3 atom stereocenters. The minimum Gasteiger partial charge on any atom is -0.372 e. The van der Waals surface area contributed by atoms with Crippen molar-refractivity contribution in [3.8, 4) is 0 Å². The van der Waals surface area contributed by atoms with E-state index >= 15 is 0 Å². The standard InChI is InChI=1S/C13H14F3NO2.C3H7NO/c14-13(15,16)11-3-1-2-4-12(11)17(5-9-7-18-9)6-10-8-19-10;4-1-3-2-5-3/h1-4,9-10H,5-8H2;3H,1-2,4H2. The van der Waals surface area contributed by atoms with Crippen molar-refractivity contribution in [2.45, 2.75) is 24.5 Å². The third kappa shape index (κ3) is 5.34. The normalized spacial score (nSPS) is 27.1. The van der Waals surface area contributed by atoms with E-state index in [0.29, 0.717) is 39.0 Å². The van der Waals surface area contributed by atoms with Gasteiger partial charge in [-0.3, -0.25) is 0 Å². The maximum atomic E-state index is 13.0. The Bertz CT molecular complexity index is 530. The summed E-state index contributed by atoms with van der Waals surface area (Å²) in [6, 6.07) is 5.66. The molecule has 1 aromatic rings. The second-order valence-corrected chi connectivity index (χ2v) is 6.02. The van der Waals surface area contributed by atoms with Gasteiger partial charge in [0.1, 0.15) is 0 Å². The largest absolute Gasteiger partial charge is 0.418 e. The van der Waals surface area contributed by atoms with Crippen LogP contribution >= 0.6 is 0 Å². The highest BCUT2D eigenvalue weighted by Gasteiger charge is 2.37. The van der Waals surface area contributed by atoms with Gasteiger partial charge in [-0.15, -0.1) is 0 Å². The molecular formula is C16H21F3N2O3. The number of ether oxygens (including phenoxy) is 3. The van der Waals surface area contributed by atoms with Crippen molar-refractivity contribution in [1.82, 2.24) is 0 Å². The van der Waals surface area contributed by atoms with Crippen molar-refractivity contribution in [2.75, 3.05) is 44.4 Å². The molecule has 0 bridgehead atoms. The van der Waals surface area contributed by atoms with Crippen LogP contribution in [0.5, 0.6) is 0 Å². The zero-order chi connectivity index (χ0) is 17.2. The first-order chi connectivity index (χ1) is 11.5. The number of alkyl halides is 3. The molecule has 0 radical (unpaired) electrons. The van der Waals surface area contributed by atoms with Crippen LogP contribution in [0.1, 0.15) is 5.56 Å². The average Bonchev–Trinajstić information content (AvgIpc) is 3.38. The van der Waals surface area contributed by atoms with Crippen molar-refractivity contribution in [1.29, 1.82) is 0 Å². The smallest absolute Gasteiger partial charge is 0.372 e. The van der Waals surface area contributed by atoms with Crippen LogP contribution in [0, 0.1) is 0 Å². The van der Waals surface area contributed by atoms with Gasteiger partial charge < -0.3 is 24.8 Å². The fraction of sp³-hybridized carbons (Fsp3) is 0.625. The van der Waals surface area contributed by atoms with Crippen molar-refractivity contribution >= 4 is 5.69 Å².